The van der Waals surface area contributed by atoms with Crippen LogP contribution in [0.5, 0.6) is 0 Å². The summed E-state index contributed by atoms with van der Waals surface area (Å²) in [6.07, 6.45) is 6.97. The molecule has 0 N–H and O–H groups in total. The summed E-state index contributed by atoms with van der Waals surface area (Å²) in [4.78, 5) is 12.0. The molecule has 1 saturated heterocycles. The Morgan fingerprint density at radius 1 is 1.14 bits per heavy atom. The van der Waals surface area contributed by atoms with Gasteiger partial charge in [0.15, 0.2) is 0 Å². The number of carbonyl (C=O) groups is 1. The molecule has 2 rings (SSSR count). The van der Waals surface area contributed by atoms with Gasteiger partial charge in [-0.3, -0.25) is 4.79 Å². The maximum absolute atomic E-state index is 12.0. The van der Waals surface area contributed by atoms with Crippen LogP contribution < -0.4 is 0 Å². The highest BCUT2D eigenvalue weighted by Gasteiger charge is 2.52. The molecule has 0 spiro atoms. The summed E-state index contributed by atoms with van der Waals surface area (Å²) >= 11 is 5.82. The Morgan fingerprint density at radius 3 is 2.39 bits per heavy atom. The fraction of sp³-hybridized carbons (Fsp3) is 0.591. The molecule has 1 fully saturated rings. The van der Waals surface area contributed by atoms with E-state index in [0.29, 0.717) is 12.5 Å². The Morgan fingerprint density at radius 2 is 1.79 bits per heavy atom. The van der Waals surface area contributed by atoms with Gasteiger partial charge in [-0.15, -0.1) is 11.6 Å². The lowest BCUT2D eigenvalue weighted by atomic mass is 9.69. The summed E-state index contributed by atoms with van der Waals surface area (Å²) in [6.45, 7) is 8.49. The van der Waals surface area contributed by atoms with E-state index < -0.39 is 0 Å². The lowest BCUT2D eigenvalue weighted by Gasteiger charge is -2.32. The zero-order chi connectivity index (χ0) is 20.6. The molecule has 6 heteroatoms. The molecule has 0 radical (unpaired) electrons. The van der Waals surface area contributed by atoms with E-state index in [4.69, 9.17) is 25.6 Å². The molecule has 1 aromatic rings. The van der Waals surface area contributed by atoms with Crippen LogP contribution in [0, 0.1) is 0 Å². The molecule has 1 aliphatic rings. The topological polar surface area (TPSA) is 44.8 Å². The zero-order valence-electron chi connectivity index (χ0n) is 17.4. The molecule has 0 amide bonds. The Hall–Kier alpha value is -1.30. The minimum atomic E-state index is -0.370. The first-order chi connectivity index (χ1) is 13.2. The van der Waals surface area contributed by atoms with Gasteiger partial charge in [0.1, 0.15) is 6.61 Å². The summed E-state index contributed by atoms with van der Waals surface area (Å²) in [5.41, 5.74) is 0.242. The van der Waals surface area contributed by atoms with Gasteiger partial charge in [-0.2, -0.15) is 0 Å². The molecule has 0 aliphatic carbocycles. The van der Waals surface area contributed by atoms with Crippen molar-refractivity contribution in [1.82, 2.24) is 0 Å². The van der Waals surface area contributed by atoms with Crippen molar-refractivity contribution in [2.75, 3.05) is 5.88 Å². The van der Waals surface area contributed by atoms with Crippen LogP contribution in [0.3, 0.4) is 0 Å². The summed E-state index contributed by atoms with van der Waals surface area (Å²) in [5, 5.41) is 0. The van der Waals surface area contributed by atoms with Gasteiger partial charge in [0.25, 0.3) is 0 Å². The number of ether oxygens (including phenoxy) is 1. The zero-order valence-corrected chi connectivity index (χ0v) is 18.2. The van der Waals surface area contributed by atoms with Crippen molar-refractivity contribution < 1.29 is 18.8 Å². The van der Waals surface area contributed by atoms with Crippen LogP contribution in [-0.4, -0.2) is 30.2 Å². The second-order valence-corrected chi connectivity index (χ2v) is 8.63. The quantitative estimate of drug-likeness (QED) is 0.168. The average Bonchev–Trinajstić information content (AvgIpc) is 2.87. The van der Waals surface area contributed by atoms with Crippen molar-refractivity contribution in [3.05, 3.63) is 48.0 Å². The Bertz CT molecular complexity index is 629. The maximum Gasteiger partial charge on any atom is 0.465 e. The number of benzene rings is 1. The summed E-state index contributed by atoms with van der Waals surface area (Å²) in [7, 11) is -0.322. The van der Waals surface area contributed by atoms with Crippen molar-refractivity contribution in [3.8, 4) is 0 Å². The number of allylic oxidation sites excluding steroid dienone is 1. The monoisotopic (exact) mass is 406 g/mol. The number of hydrogen-bond donors (Lipinski definition) is 0. The highest BCUT2D eigenvalue weighted by atomic mass is 35.5. The molecule has 0 saturated carbocycles. The lowest BCUT2D eigenvalue weighted by Crippen LogP contribution is -2.41. The third-order valence-corrected chi connectivity index (χ3v) is 5.72. The first-order valence-corrected chi connectivity index (χ1v) is 10.6. The van der Waals surface area contributed by atoms with Crippen LogP contribution in [-0.2, 0) is 25.4 Å². The molecule has 0 unspecified atom stereocenters. The van der Waals surface area contributed by atoms with Gasteiger partial charge >= 0.3 is 13.1 Å². The standard InChI is InChI=1S/C22H32BClO4/c1-21(2)22(3,4)28-23(27-21)19(13-8-9-16-24)14-10-15-20(25)26-17-18-11-6-5-7-12-18/h5-7,10-12,14,19H,8-9,13,15-17H2,1-4H3/b14-10+/t19-/m1/s1. The number of rotatable bonds is 10. The number of hydrogen-bond acceptors (Lipinski definition) is 4. The van der Waals surface area contributed by atoms with E-state index in [-0.39, 0.29) is 36.5 Å². The van der Waals surface area contributed by atoms with Gasteiger partial charge in [0.05, 0.1) is 17.6 Å². The molecule has 28 heavy (non-hydrogen) atoms. The third kappa shape index (κ3) is 6.65. The first kappa shape index (κ1) is 23.0. The van der Waals surface area contributed by atoms with Crippen molar-refractivity contribution in [2.24, 2.45) is 0 Å². The van der Waals surface area contributed by atoms with Crippen LogP contribution in [0.15, 0.2) is 42.5 Å². The normalized spacial score (nSPS) is 19.1. The van der Waals surface area contributed by atoms with Crippen molar-refractivity contribution in [2.45, 2.75) is 77.0 Å². The Kier molecular flexibility index (Phi) is 8.60. The largest absolute Gasteiger partial charge is 0.465 e. The summed E-state index contributed by atoms with van der Waals surface area (Å²) in [5.74, 6) is 0.478. The third-order valence-electron chi connectivity index (χ3n) is 5.45. The minimum absolute atomic E-state index is 0.0752. The summed E-state index contributed by atoms with van der Waals surface area (Å²) < 4.78 is 17.7. The Balaban J connectivity index is 1.89. The first-order valence-electron chi connectivity index (χ1n) is 10.0. The van der Waals surface area contributed by atoms with E-state index in [2.05, 4.69) is 0 Å². The van der Waals surface area contributed by atoms with E-state index in [1.165, 1.54) is 0 Å². The molecular weight excluding hydrogens is 375 g/mol. The number of alkyl halides is 1. The lowest BCUT2D eigenvalue weighted by molar-refractivity contribution is -0.143. The van der Waals surface area contributed by atoms with Crippen molar-refractivity contribution in [3.63, 3.8) is 0 Å². The molecule has 1 heterocycles. The highest BCUT2D eigenvalue weighted by molar-refractivity contribution is 6.48. The van der Waals surface area contributed by atoms with Crippen LogP contribution in [0.25, 0.3) is 0 Å². The van der Waals surface area contributed by atoms with Crippen LogP contribution >= 0.6 is 11.6 Å². The van der Waals surface area contributed by atoms with E-state index in [1.807, 2.05) is 70.2 Å². The fourth-order valence-corrected chi connectivity index (χ4v) is 3.19. The molecule has 0 aromatic heterocycles. The number of unbranched alkanes of at least 4 members (excludes halogenated alkanes) is 1. The predicted octanol–water partition coefficient (Wildman–Crippen LogP) is 5.55. The molecule has 1 aromatic carbocycles. The van der Waals surface area contributed by atoms with E-state index in [1.54, 1.807) is 0 Å². The average molecular weight is 407 g/mol. The number of esters is 1. The molecular formula is C22H32BClO4. The minimum Gasteiger partial charge on any atom is -0.461 e. The molecule has 154 valence electrons. The fourth-order valence-electron chi connectivity index (χ4n) is 3.00. The second kappa shape index (κ2) is 10.5. The second-order valence-electron chi connectivity index (χ2n) is 8.25. The van der Waals surface area contributed by atoms with Gasteiger partial charge in [0, 0.05) is 11.7 Å². The van der Waals surface area contributed by atoms with Crippen LogP contribution in [0.1, 0.15) is 58.9 Å². The number of halogens is 1. The smallest absolute Gasteiger partial charge is 0.461 e. The molecule has 1 atom stereocenters. The summed E-state index contributed by atoms with van der Waals surface area (Å²) in [6, 6.07) is 9.68. The predicted molar refractivity (Wildman–Crippen MR) is 114 cm³/mol. The van der Waals surface area contributed by atoms with E-state index >= 15 is 0 Å². The van der Waals surface area contributed by atoms with Crippen LogP contribution in [0.4, 0.5) is 0 Å². The van der Waals surface area contributed by atoms with Gasteiger partial charge in [-0.1, -0.05) is 48.9 Å². The van der Waals surface area contributed by atoms with Crippen molar-refractivity contribution >= 4 is 24.7 Å². The SMILES string of the molecule is CC1(C)OB([C@@H](/C=C/CC(=O)OCc2ccccc2)CCCCCl)OC1(C)C. The maximum atomic E-state index is 12.0. The van der Waals surface area contributed by atoms with Gasteiger partial charge in [-0.25, -0.2) is 0 Å². The Labute approximate surface area is 174 Å². The number of carbonyl (C=O) groups excluding carboxylic acids is 1. The van der Waals surface area contributed by atoms with E-state index in [9.17, 15) is 4.79 Å². The van der Waals surface area contributed by atoms with Gasteiger partial charge in [0.2, 0.25) is 0 Å². The van der Waals surface area contributed by atoms with Crippen molar-refractivity contribution in [1.29, 1.82) is 0 Å². The van der Waals surface area contributed by atoms with Crippen LogP contribution in [0.2, 0.25) is 5.82 Å². The van der Waals surface area contributed by atoms with Gasteiger partial charge in [-0.05, 0) is 46.1 Å². The molecule has 4 nitrogen and oxygen atoms in total. The van der Waals surface area contributed by atoms with Gasteiger partial charge < -0.3 is 14.0 Å². The highest BCUT2D eigenvalue weighted by Crippen LogP contribution is 2.41. The molecule has 1 aliphatic heterocycles. The van der Waals surface area contributed by atoms with E-state index in [0.717, 1.165) is 24.8 Å². The molecule has 0 bridgehead atoms.